The molecular weight excluding hydrogens is 312 g/mol. The Morgan fingerprint density at radius 3 is 2.57 bits per heavy atom. The van der Waals surface area contributed by atoms with E-state index in [2.05, 4.69) is 13.8 Å². The van der Waals surface area contributed by atoms with Crippen LogP contribution in [0.1, 0.15) is 57.9 Å². The van der Waals surface area contributed by atoms with E-state index >= 15 is 0 Å². The van der Waals surface area contributed by atoms with Crippen molar-refractivity contribution in [1.29, 1.82) is 0 Å². The predicted octanol–water partition coefficient (Wildman–Crippen LogP) is 3.97. The Bertz CT molecular complexity index is 667. The van der Waals surface area contributed by atoms with Gasteiger partial charge in [0.2, 0.25) is 0 Å². The molecule has 3 atom stereocenters. The number of hydrogen-bond donors (Lipinski definition) is 0. The molecule has 0 N–H and O–H groups in total. The zero-order valence-electron chi connectivity index (χ0n) is 14.2. The Balaban J connectivity index is 1.75. The van der Waals surface area contributed by atoms with Gasteiger partial charge in [-0.2, -0.15) is 8.42 Å². The lowest BCUT2D eigenvalue weighted by molar-refractivity contribution is 0.0796. The Kier molecular flexibility index (Phi) is 4.32. The number of hydrogen-bond acceptors (Lipinski definition) is 4. The first kappa shape index (κ1) is 16.9. The van der Waals surface area contributed by atoms with Gasteiger partial charge < -0.3 is 4.74 Å². The van der Waals surface area contributed by atoms with Crippen molar-refractivity contribution in [3.05, 3.63) is 29.8 Å². The Hall–Kier alpha value is -0.910. The van der Waals surface area contributed by atoms with Gasteiger partial charge >= 0.3 is 0 Å². The monoisotopic (exact) mass is 338 g/mol. The van der Waals surface area contributed by atoms with Crippen LogP contribution in [0.15, 0.2) is 29.2 Å². The van der Waals surface area contributed by atoms with Gasteiger partial charge in [0.1, 0.15) is 11.7 Å². The fraction of sp³-hybridized carbons (Fsp3) is 0.667. The van der Waals surface area contributed by atoms with Gasteiger partial charge in [0.15, 0.2) is 0 Å². The van der Waals surface area contributed by atoms with E-state index in [4.69, 9.17) is 8.92 Å². The molecule has 1 heterocycles. The quantitative estimate of drug-likeness (QED) is 0.429. The number of rotatable bonds is 7. The van der Waals surface area contributed by atoms with Crippen LogP contribution in [0, 0.1) is 6.92 Å². The molecule has 1 aliphatic carbocycles. The first-order chi connectivity index (χ1) is 10.8. The highest BCUT2D eigenvalue weighted by molar-refractivity contribution is 7.86. The third kappa shape index (κ3) is 2.94. The maximum absolute atomic E-state index is 12.6. The van der Waals surface area contributed by atoms with E-state index in [1.807, 2.05) is 6.92 Å². The van der Waals surface area contributed by atoms with E-state index in [9.17, 15) is 8.42 Å². The summed E-state index contributed by atoms with van der Waals surface area (Å²) in [6.07, 6.45) is 5.46. The second-order valence-electron chi connectivity index (χ2n) is 7.07. The smallest absolute Gasteiger partial charge is 0.297 e. The van der Waals surface area contributed by atoms with E-state index in [-0.39, 0.29) is 16.6 Å². The van der Waals surface area contributed by atoms with Gasteiger partial charge in [-0.25, -0.2) is 0 Å². The van der Waals surface area contributed by atoms with Gasteiger partial charge in [0.25, 0.3) is 10.1 Å². The standard InChI is InChI=1S/C18H26O4S/c1-4-5-6-12-18-16(11-13-17(18,3)22-18)21-23(19,20)15-9-7-14(2)8-10-15/h7-10,16H,4-6,11-13H2,1-3H3/t16-,17-,18+/m1/s1. The van der Waals surface area contributed by atoms with E-state index in [1.54, 1.807) is 24.3 Å². The Morgan fingerprint density at radius 1 is 1.26 bits per heavy atom. The maximum atomic E-state index is 12.6. The van der Waals surface area contributed by atoms with Crippen LogP contribution in [0.5, 0.6) is 0 Å². The molecule has 1 aromatic carbocycles. The summed E-state index contributed by atoms with van der Waals surface area (Å²) in [5, 5.41) is 0. The van der Waals surface area contributed by atoms with Crippen LogP contribution < -0.4 is 0 Å². The van der Waals surface area contributed by atoms with Gasteiger partial charge in [-0.15, -0.1) is 0 Å². The van der Waals surface area contributed by atoms with Crippen LogP contribution in [0.2, 0.25) is 0 Å². The molecule has 1 aromatic rings. The minimum Gasteiger partial charge on any atom is -0.360 e. The van der Waals surface area contributed by atoms with Crippen LogP contribution in [0.25, 0.3) is 0 Å². The summed E-state index contributed by atoms with van der Waals surface area (Å²) in [4.78, 5) is 0.223. The summed E-state index contributed by atoms with van der Waals surface area (Å²) in [6, 6.07) is 6.80. The highest BCUT2D eigenvalue weighted by Gasteiger charge is 2.74. The lowest BCUT2D eigenvalue weighted by Gasteiger charge is -2.21. The Morgan fingerprint density at radius 2 is 1.96 bits per heavy atom. The summed E-state index contributed by atoms with van der Waals surface area (Å²) in [5.74, 6) is 0. The largest absolute Gasteiger partial charge is 0.360 e. The molecule has 5 heteroatoms. The van der Waals surface area contributed by atoms with Crippen LogP contribution in [-0.4, -0.2) is 25.7 Å². The third-order valence-electron chi connectivity index (χ3n) is 5.37. The van der Waals surface area contributed by atoms with E-state index in [0.717, 1.165) is 44.1 Å². The number of ether oxygens (including phenoxy) is 1. The second-order valence-corrected chi connectivity index (χ2v) is 8.64. The molecule has 1 saturated carbocycles. The molecule has 3 rings (SSSR count). The molecule has 128 valence electrons. The van der Waals surface area contributed by atoms with Crippen molar-refractivity contribution in [3.8, 4) is 0 Å². The zero-order chi connectivity index (χ0) is 16.7. The molecule has 1 aliphatic heterocycles. The number of epoxide rings is 1. The molecule has 0 aromatic heterocycles. The highest BCUT2D eigenvalue weighted by Crippen LogP contribution is 2.63. The summed E-state index contributed by atoms with van der Waals surface area (Å²) in [5.41, 5.74) is 0.424. The lowest BCUT2D eigenvalue weighted by Crippen LogP contribution is -2.34. The van der Waals surface area contributed by atoms with Gasteiger partial charge in [-0.05, 0) is 45.2 Å². The van der Waals surface area contributed by atoms with Crippen LogP contribution in [0.3, 0.4) is 0 Å². The van der Waals surface area contributed by atoms with E-state index < -0.39 is 15.7 Å². The van der Waals surface area contributed by atoms with Crippen LogP contribution in [0.4, 0.5) is 0 Å². The number of fused-ring (bicyclic) bond motifs is 1. The van der Waals surface area contributed by atoms with Crippen molar-refractivity contribution in [2.75, 3.05) is 0 Å². The van der Waals surface area contributed by atoms with Gasteiger partial charge in [0, 0.05) is 0 Å². The first-order valence-corrected chi connectivity index (χ1v) is 9.94. The minimum absolute atomic E-state index is 0.200. The lowest BCUT2D eigenvalue weighted by atomic mass is 9.91. The molecule has 2 fully saturated rings. The molecule has 0 radical (unpaired) electrons. The van der Waals surface area contributed by atoms with Crippen molar-refractivity contribution < 1.29 is 17.3 Å². The molecule has 23 heavy (non-hydrogen) atoms. The summed E-state index contributed by atoms with van der Waals surface area (Å²) in [7, 11) is -3.74. The second kappa shape index (κ2) is 5.87. The minimum atomic E-state index is -3.74. The highest BCUT2D eigenvalue weighted by atomic mass is 32.2. The average Bonchev–Trinajstić information content (AvgIpc) is 3.02. The summed E-state index contributed by atoms with van der Waals surface area (Å²) >= 11 is 0. The van der Waals surface area contributed by atoms with E-state index in [1.165, 1.54) is 0 Å². The molecule has 0 amide bonds. The molecule has 1 saturated heterocycles. The molecular formula is C18H26O4S. The maximum Gasteiger partial charge on any atom is 0.297 e. The average molecular weight is 338 g/mol. The molecule has 0 bridgehead atoms. The SMILES string of the molecule is CCCCC[C@@]12O[C@]1(C)CC[C@H]2OS(=O)(=O)c1ccc(C)cc1. The fourth-order valence-corrected chi connectivity index (χ4v) is 4.98. The van der Waals surface area contributed by atoms with Crippen molar-refractivity contribution in [2.45, 2.75) is 81.5 Å². The van der Waals surface area contributed by atoms with Gasteiger partial charge in [-0.1, -0.05) is 43.9 Å². The number of unbranched alkanes of at least 4 members (excludes halogenated alkanes) is 2. The van der Waals surface area contributed by atoms with Gasteiger partial charge in [0.05, 0.1) is 10.5 Å². The van der Waals surface area contributed by atoms with Crippen molar-refractivity contribution in [3.63, 3.8) is 0 Å². The van der Waals surface area contributed by atoms with Crippen LogP contribution in [-0.2, 0) is 19.0 Å². The first-order valence-electron chi connectivity index (χ1n) is 8.53. The normalized spacial score (nSPS) is 32.7. The number of benzene rings is 1. The Labute approximate surface area is 139 Å². The van der Waals surface area contributed by atoms with Crippen molar-refractivity contribution in [1.82, 2.24) is 0 Å². The summed E-state index contributed by atoms with van der Waals surface area (Å²) < 4.78 is 36.7. The van der Waals surface area contributed by atoms with Gasteiger partial charge in [-0.3, -0.25) is 4.18 Å². The zero-order valence-corrected chi connectivity index (χ0v) is 15.0. The van der Waals surface area contributed by atoms with Crippen molar-refractivity contribution in [2.24, 2.45) is 0 Å². The number of aryl methyl sites for hydroxylation is 1. The third-order valence-corrected chi connectivity index (χ3v) is 6.70. The van der Waals surface area contributed by atoms with Crippen molar-refractivity contribution >= 4 is 10.1 Å². The van der Waals surface area contributed by atoms with E-state index in [0.29, 0.717) is 0 Å². The molecule has 0 unspecified atom stereocenters. The fourth-order valence-electron chi connectivity index (χ4n) is 3.84. The topological polar surface area (TPSA) is 55.9 Å². The predicted molar refractivity (Wildman–Crippen MR) is 88.8 cm³/mol. The summed E-state index contributed by atoms with van der Waals surface area (Å²) in [6.45, 7) is 6.18. The van der Waals surface area contributed by atoms with Crippen LogP contribution >= 0.6 is 0 Å². The molecule has 0 spiro atoms. The molecule has 4 nitrogen and oxygen atoms in total. The molecule has 2 aliphatic rings.